The van der Waals surface area contributed by atoms with E-state index in [0.29, 0.717) is 6.61 Å². The third kappa shape index (κ3) is 3.06. The van der Waals surface area contributed by atoms with Crippen LogP contribution in [0.4, 0.5) is 4.39 Å². The van der Waals surface area contributed by atoms with Gasteiger partial charge in [0.1, 0.15) is 5.82 Å². The number of ether oxygens (including phenoxy) is 1. The second kappa shape index (κ2) is 6.57. The number of rotatable bonds is 4. The van der Waals surface area contributed by atoms with Crippen LogP contribution >= 0.6 is 0 Å². The topological polar surface area (TPSA) is 60.1 Å². The van der Waals surface area contributed by atoms with Gasteiger partial charge in [-0.3, -0.25) is 0 Å². The second-order valence-electron chi connectivity index (χ2n) is 5.86. The average molecular weight is 344 g/mol. The van der Waals surface area contributed by atoms with E-state index in [1.807, 2.05) is 30.5 Å². The van der Waals surface area contributed by atoms with Crippen LogP contribution in [0.15, 0.2) is 53.6 Å². The first-order chi connectivity index (χ1) is 11.7. The van der Waals surface area contributed by atoms with E-state index in [2.05, 4.69) is 9.71 Å². The minimum Gasteiger partial charge on any atom is -0.593 e. The van der Waals surface area contributed by atoms with Gasteiger partial charge < -0.3 is 14.3 Å². The van der Waals surface area contributed by atoms with E-state index in [1.54, 1.807) is 6.07 Å². The van der Waals surface area contributed by atoms with Crippen molar-refractivity contribution in [1.29, 1.82) is 0 Å². The molecular formula is C18H17FN2O2S. The molecule has 0 saturated carbocycles. The summed E-state index contributed by atoms with van der Waals surface area (Å²) in [6, 6.07) is 12.4. The Morgan fingerprint density at radius 3 is 2.79 bits per heavy atom. The summed E-state index contributed by atoms with van der Waals surface area (Å²) < 4.78 is 34.0. The zero-order valence-corrected chi connectivity index (χ0v) is 13.7. The largest absolute Gasteiger partial charge is 0.593 e. The molecule has 2 unspecified atom stereocenters. The third-order valence-corrected chi connectivity index (χ3v) is 5.47. The molecule has 0 radical (unpaired) electrons. The summed E-state index contributed by atoms with van der Waals surface area (Å²) in [7, 11) is 0. The van der Waals surface area contributed by atoms with E-state index in [0.717, 1.165) is 40.0 Å². The number of hydrogen-bond acceptors (Lipinski definition) is 3. The Balaban J connectivity index is 1.56. The molecule has 1 aromatic heterocycles. The first kappa shape index (κ1) is 15.7. The van der Waals surface area contributed by atoms with E-state index in [4.69, 9.17) is 4.74 Å². The number of halogens is 1. The number of benzene rings is 2. The minimum absolute atomic E-state index is 0.147. The standard InChI is InChI=1S/C18H17FN2O2S/c19-13-3-6-16-17(10-20-18(16)9-13)12-1-4-15(5-2-12)24(22)21-14-7-8-23-11-14/h1-6,9-10,14,20-21H,7-8,11H2. The summed E-state index contributed by atoms with van der Waals surface area (Å²) in [5, 5.41) is 0.964. The van der Waals surface area contributed by atoms with Crippen molar-refractivity contribution in [2.24, 2.45) is 0 Å². The molecule has 0 bridgehead atoms. The molecule has 4 rings (SSSR count). The lowest BCUT2D eigenvalue weighted by atomic mass is 10.1. The summed E-state index contributed by atoms with van der Waals surface area (Å²) >= 11 is -1.25. The van der Waals surface area contributed by atoms with Crippen LogP contribution in [0.3, 0.4) is 0 Å². The fraction of sp³-hybridized carbons (Fsp3) is 0.222. The Hall–Kier alpha value is -1.86. The molecule has 0 aliphatic carbocycles. The average Bonchev–Trinajstić information content (AvgIpc) is 3.24. The number of H-pyrrole nitrogens is 1. The Morgan fingerprint density at radius 1 is 1.21 bits per heavy atom. The van der Waals surface area contributed by atoms with Crippen LogP contribution in [-0.2, 0) is 16.1 Å². The SMILES string of the molecule is [O-][S+](NC1CCOC1)c1ccc(-c2c[nH]c3cc(F)ccc23)cc1. The minimum atomic E-state index is -1.25. The molecule has 6 heteroatoms. The molecule has 124 valence electrons. The van der Waals surface area contributed by atoms with Crippen molar-refractivity contribution in [1.82, 2.24) is 9.71 Å². The van der Waals surface area contributed by atoms with E-state index in [-0.39, 0.29) is 11.9 Å². The molecule has 2 aromatic carbocycles. The van der Waals surface area contributed by atoms with Crippen LogP contribution in [0, 0.1) is 5.82 Å². The molecule has 24 heavy (non-hydrogen) atoms. The van der Waals surface area contributed by atoms with Gasteiger partial charge in [0.25, 0.3) is 0 Å². The van der Waals surface area contributed by atoms with Gasteiger partial charge in [-0.1, -0.05) is 0 Å². The molecular weight excluding hydrogens is 327 g/mol. The summed E-state index contributed by atoms with van der Waals surface area (Å²) in [5.41, 5.74) is 2.76. The molecule has 0 spiro atoms. The highest BCUT2D eigenvalue weighted by Gasteiger charge is 2.22. The van der Waals surface area contributed by atoms with E-state index in [1.165, 1.54) is 12.1 Å². The van der Waals surface area contributed by atoms with E-state index < -0.39 is 11.4 Å². The summed E-state index contributed by atoms with van der Waals surface area (Å²) in [6.07, 6.45) is 2.75. The lowest BCUT2D eigenvalue weighted by Gasteiger charge is -2.14. The second-order valence-corrected chi connectivity index (χ2v) is 7.11. The molecule has 1 fully saturated rings. The smallest absolute Gasteiger partial charge is 0.173 e. The fourth-order valence-electron chi connectivity index (χ4n) is 2.94. The summed E-state index contributed by atoms with van der Waals surface area (Å²) in [4.78, 5) is 3.82. The van der Waals surface area contributed by atoms with Gasteiger partial charge in [-0.15, -0.1) is 4.72 Å². The molecule has 3 aromatic rings. The van der Waals surface area contributed by atoms with E-state index in [9.17, 15) is 8.94 Å². The molecule has 2 heterocycles. The van der Waals surface area contributed by atoms with E-state index >= 15 is 0 Å². The zero-order valence-electron chi connectivity index (χ0n) is 12.9. The van der Waals surface area contributed by atoms with Crippen molar-refractivity contribution >= 4 is 22.3 Å². The monoisotopic (exact) mass is 344 g/mol. The number of hydrogen-bond donors (Lipinski definition) is 2. The molecule has 1 aliphatic heterocycles. The van der Waals surface area contributed by atoms with Crippen molar-refractivity contribution in [3.05, 3.63) is 54.5 Å². The van der Waals surface area contributed by atoms with Crippen LogP contribution in [0.25, 0.3) is 22.0 Å². The normalized spacial score (nSPS) is 19.0. The lowest BCUT2D eigenvalue weighted by Crippen LogP contribution is -2.34. The predicted octanol–water partition coefficient (Wildman–Crippen LogP) is 3.38. The highest BCUT2D eigenvalue weighted by molar-refractivity contribution is 7.89. The van der Waals surface area contributed by atoms with Crippen molar-refractivity contribution in [3.8, 4) is 11.1 Å². The van der Waals surface area contributed by atoms with Gasteiger partial charge in [0.05, 0.1) is 24.0 Å². The highest BCUT2D eigenvalue weighted by atomic mass is 32.2. The van der Waals surface area contributed by atoms with Crippen LogP contribution in [0.1, 0.15) is 6.42 Å². The first-order valence-electron chi connectivity index (χ1n) is 7.83. The Kier molecular flexibility index (Phi) is 4.28. The zero-order chi connectivity index (χ0) is 16.5. The van der Waals surface area contributed by atoms with Crippen LogP contribution in [0.2, 0.25) is 0 Å². The number of fused-ring (bicyclic) bond motifs is 1. The number of nitrogens with one attached hydrogen (secondary N) is 2. The van der Waals surface area contributed by atoms with Gasteiger partial charge in [-0.2, -0.15) is 0 Å². The van der Waals surface area contributed by atoms with Crippen molar-refractivity contribution < 1.29 is 13.7 Å². The fourth-order valence-corrected chi connectivity index (χ4v) is 3.95. The van der Waals surface area contributed by atoms with Crippen molar-refractivity contribution in [2.45, 2.75) is 17.4 Å². The van der Waals surface area contributed by atoms with Gasteiger partial charge in [0.2, 0.25) is 0 Å². The predicted molar refractivity (Wildman–Crippen MR) is 92.5 cm³/mol. The molecule has 1 aliphatic rings. The number of aromatic nitrogens is 1. The molecule has 2 atom stereocenters. The highest BCUT2D eigenvalue weighted by Crippen LogP contribution is 2.29. The number of aromatic amines is 1. The Bertz CT molecular complexity index is 844. The van der Waals surface area contributed by atoms with Gasteiger partial charge >= 0.3 is 0 Å². The van der Waals surface area contributed by atoms with Gasteiger partial charge in [-0.05, 0) is 54.4 Å². The van der Waals surface area contributed by atoms with Crippen molar-refractivity contribution in [3.63, 3.8) is 0 Å². The maximum absolute atomic E-state index is 13.3. The Labute approximate surface area is 142 Å². The molecule has 1 saturated heterocycles. The van der Waals surface area contributed by atoms with Crippen LogP contribution in [0.5, 0.6) is 0 Å². The van der Waals surface area contributed by atoms with Crippen LogP contribution < -0.4 is 4.72 Å². The van der Waals surface area contributed by atoms with Gasteiger partial charge in [-0.25, -0.2) is 4.39 Å². The van der Waals surface area contributed by atoms with Gasteiger partial charge in [0.15, 0.2) is 4.90 Å². The third-order valence-electron chi connectivity index (χ3n) is 4.23. The van der Waals surface area contributed by atoms with Gasteiger partial charge in [0, 0.05) is 29.3 Å². The first-order valence-corrected chi connectivity index (χ1v) is 8.98. The maximum atomic E-state index is 13.3. The quantitative estimate of drug-likeness (QED) is 0.714. The van der Waals surface area contributed by atoms with Crippen molar-refractivity contribution in [2.75, 3.05) is 13.2 Å². The summed E-state index contributed by atoms with van der Waals surface area (Å²) in [6.45, 7) is 1.32. The lowest BCUT2D eigenvalue weighted by molar-refractivity contribution is 0.192. The Morgan fingerprint density at radius 2 is 2.04 bits per heavy atom. The molecule has 2 N–H and O–H groups in total. The molecule has 0 amide bonds. The summed E-state index contributed by atoms with van der Waals surface area (Å²) in [5.74, 6) is -0.261. The molecule has 4 nitrogen and oxygen atoms in total. The van der Waals surface area contributed by atoms with Crippen LogP contribution in [-0.4, -0.2) is 28.8 Å². The maximum Gasteiger partial charge on any atom is 0.173 e.